The van der Waals surface area contributed by atoms with Gasteiger partial charge in [0, 0.05) is 38.0 Å². The molecule has 1 amide bonds. The molecule has 0 radical (unpaired) electrons. The molecule has 1 unspecified atom stereocenters. The van der Waals surface area contributed by atoms with Crippen LogP contribution in [0.4, 0.5) is 0 Å². The van der Waals surface area contributed by atoms with Crippen molar-refractivity contribution in [2.24, 2.45) is 5.92 Å². The monoisotopic (exact) mass is 292 g/mol. The number of rotatable bonds is 4. The minimum atomic E-state index is 0.110. The van der Waals surface area contributed by atoms with Gasteiger partial charge in [0.2, 0.25) is 17.7 Å². The fraction of sp³-hybridized carbons (Fsp3) is 0.800. The van der Waals surface area contributed by atoms with E-state index in [1.54, 1.807) is 0 Å². The molecule has 2 aliphatic rings. The molecular formula is C15H24N4O2. The summed E-state index contributed by atoms with van der Waals surface area (Å²) in [5.41, 5.74) is 0. The Morgan fingerprint density at radius 2 is 2.14 bits per heavy atom. The van der Waals surface area contributed by atoms with Crippen molar-refractivity contribution in [3.8, 4) is 0 Å². The number of hydrogen-bond acceptors (Lipinski definition) is 5. The second kappa shape index (κ2) is 5.75. The van der Waals surface area contributed by atoms with E-state index in [4.69, 9.17) is 4.42 Å². The normalized spacial score (nSPS) is 25.1. The van der Waals surface area contributed by atoms with Gasteiger partial charge in [-0.25, -0.2) is 0 Å². The van der Waals surface area contributed by atoms with Crippen LogP contribution in [0.15, 0.2) is 4.42 Å². The number of piperazine rings is 1. The Morgan fingerprint density at radius 1 is 1.38 bits per heavy atom. The molecule has 1 aromatic heterocycles. The highest BCUT2D eigenvalue weighted by atomic mass is 16.4. The molecule has 1 saturated heterocycles. The van der Waals surface area contributed by atoms with Crippen LogP contribution in [0.1, 0.15) is 51.4 Å². The summed E-state index contributed by atoms with van der Waals surface area (Å²) in [6.07, 6.45) is 2.91. The van der Waals surface area contributed by atoms with Crippen LogP contribution in [0.2, 0.25) is 0 Å². The summed E-state index contributed by atoms with van der Waals surface area (Å²) in [7, 11) is 0. The maximum absolute atomic E-state index is 12.2. The molecule has 2 fully saturated rings. The van der Waals surface area contributed by atoms with Crippen molar-refractivity contribution < 1.29 is 9.21 Å². The third-order valence-corrected chi connectivity index (χ3v) is 4.56. The van der Waals surface area contributed by atoms with Gasteiger partial charge in [0.05, 0.1) is 6.04 Å². The van der Waals surface area contributed by atoms with Gasteiger partial charge in [-0.2, -0.15) is 0 Å². The molecule has 21 heavy (non-hydrogen) atoms. The lowest BCUT2D eigenvalue weighted by Gasteiger charge is -2.41. The van der Waals surface area contributed by atoms with Crippen LogP contribution in [0.3, 0.4) is 0 Å². The molecule has 1 aliphatic heterocycles. The van der Waals surface area contributed by atoms with E-state index in [9.17, 15) is 4.79 Å². The van der Waals surface area contributed by atoms with E-state index in [1.807, 2.05) is 11.8 Å². The Kier molecular flexibility index (Phi) is 3.97. The Hall–Kier alpha value is -1.43. The van der Waals surface area contributed by atoms with Crippen LogP contribution in [-0.4, -0.2) is 51.6 Å². The van der Waals surface area contributed by atoms with Crippen molar-refractivity contribution in [1.29, 1.82) is 0 Å². The second-order valence-electron chi connectivity index (χ2n) is 6.21. The van der Waals surface area contributed by atoms with E-state index in [2.05, 4.69) is 28.9 Å². The van der Waals surface area contributed by atoms with Crippen molar-refractivity contribution in [1.82, 2.24) is 20.0 Å². The molecule has 0 aromatic carbocycles. The van der Waals surface area contributed by atoms with Crippen LogP contribution in [0, 0.1) is 5.92 Å². The molecule has 0 spiro atoms. The molecule has 116 valence electrons. The highest BCUT2D eigenvalue weighted by Gasteiger charge is 2.38. The summed E-state index contributed by atoms with van der Waals surface area (Å²) >= 11 is 0. The van der Waals surface area contributed by atoms with Gasteiger partial charge in [0.1, 0.15) is 0 Å². The van der Waals surface area contributed by atoms with Crippen LogP contribution >= 0.6 is 0 Å². The highest BCUT2D eigenvalue weighted by Crippen LogP contribution is 2.33. The van der Waals surface area contributed by atoms with Gasteiger partial charge >= 0.3 is 0 Å². The standard InChI is InChI=1S/C15H24N4O2/c1-4-13-16-17-14(21-13)11(3)18-7-8-19(10(2)9-18)15(20)12-5-6-12/h10-12H,4-9H2,1-3H3/t10-,11?/m0/s1. The van der Waals surface area contributed by atoms with Gasteiger partial charge in [0.15, 0.2) is 0 Å². The number of aromatic nitrogens is 2. The van der Waals surface area contributed by atoms with Crippen molar-refractivity contribution in [3.05, 3.63) is 11.8 Å². The highest BCUT2D eigenvalue weighted by molar-refractivity contribution is 5.81. The van der Waals surface area contributed by atoms with E-state index >= 15 is 0 Å². The first-order chi connectivity index (χ1) is 10.1. The van der Waals surface area contributed by atoms with Gasteiger partial charge in [-0.1, -0.05) is 6.92 Å². The third kappa shape index (κ3) is 2.95. The molecule has 3 rings (SSSR count). The first-order valence-corrected chi connectivity index (χ1v) is 7.97. The molecule has 0 bridgehead atoms. The van der Waals surface area contributed by atoms with E-state index in [0.29, 0.717) is 23.6 Å². The minimum Gasteiger partial charge on any atom is -0.424 e. The van der Waals surface area contributed by atoms with Crippen LogP contribution in [-0.2, 0) is 11.2 Å². The third-order valence-electron chi connectivity index (χ3n) is 4.56. The lowest BCUT2D eigenvalue weighted by Crippen LogP contribution is -2.54. The van der Waals surface area contributed by atoms with Gasteiger partial charge in [-0.3, -0.25) is 9.69 Å². The van der Waals surface area contributed by atoms with E-state index in [0.717, 1.165) is 38.9 Å². The Bertz CT molecular complexity index is 512. The summed E-state index contributed by atoms with van der Waals surface area (Å²) in [6.45, 7) is 8.77. The zero-order valence-electron chi connectivity index (χ0n) is 13.1. The van der Waals surface area contributed by atoms with Gasteiger partial charge in [-0.15, -0.1) is 10.2 Å². The van der Waals surface area contributed by atoms with Gasteiger partial charge in [-0.05, 0) is 26.7 Å². The number of hydrogen-bond donors (Lipinski definition) is 0. The van der Waals surface area contributed by atoms with Crippen molar-refractivity contribution in [2.45, 2.75) is 52.1 Å². The fourth-order valence-corrected chi connectivity index (χ4v) is 2.96. The Morgan fingerprint density at radius 3 is 2.71 bits per heavy atom. The SMILES string of the molecule is CCc1nnc(C(C)N2CCN(C(=O)C3CC3)[C@@H](C)C2)o1. The molecule has 1 aliphatic carbocycles. The number of carbonyl (C=O) groups excluding carboxylic acids is 1. The maximum atomic E-state index is 12.2. The second-order valence-corrected chi connectivity index (χ2v) is 6.21. The van der Waals surface area contributed by atoms with E-state index in [-0.39, 0.29) is 12.1 Å². The Balaban J connectivity index is 1.61. The average molecular weight is 292 g/mol. The summed E-state index contributed by atoms with van der Waals surface area (Å²) < 4.78 is 5.66. The molecular weight excluding hydrogens is 268 g/mol. The molecule has 0 N–H and O–H groups in total. The largest absolute Gasteiger partial charge is 0.424 e. The topological polar surface area (TPSA) is 62.5 Å². The Labute approximate surface area is 125 Å². The maximum Gasteiger partial charge on any atom is 0.233 e. The summed E-state index contributed by atoms with van der Waals surface area (Å²) in [5, 5.41) is 8.18. The molecule has 6 heteroatoms. The number of nitrogens with zero attached hydrogens (tertiary/aromatic N) is 4. The summed E-state index contributed by atoms with van der Waals surface area (Å²) in [6, 6.07) is 0.362. The van der Waals surface area contributed by atoms with E-state index < -0.39 is 0 Å². The molecule has 2 heterocycles. The molecule has 1 saturated carbocycles. The first kappa shape index (κ1) is 14.5. The zero-order valence-corrected chi connectivity index (χ0v) is 13.1. The number of carbonyl (C=O) groups is 1. The van der Waals surface area contributed by atoms with Crippen molar-refractivity contribution in [3.63, 3.8) is 0 Å². The zero-order chi connectivity index (χ0) is 15.0. The summed E-state index contributed by atoms with van der Waals surface area (Å²) in [5.74, 6) is 2.02. The predicted molar refractivity (Wildman–Crippen MR) is 77.6 cm³/mol. The van der Waals surface area contributed by atoms with Crippen LogP contribution in [0.5, 0.6) is 0 Å². The molecule has 6 nitrogen and oxygen atoms in total. The number of aryl methyl sites for hydroxylation is 1. The fourth-order valence-electron chi connectivity index (χ4n) is 2.96. The van der Waals surface area contributed by atoms with Gasteiger partial charge in [0.25, 0.3) is 0 Å². The lowest BCUT2D eigenvalue weighted by atomic mass is 10.1. The van der Waals surface area contributed by atoms with Crippen LogP contribution in [0.25, 0.3) is 0 Å². The van der Waals surface area contributed by atoms with Crippen LogP contribution < -0.4 is 0 Å². The molecule has 1 aromatic rings. The minimum absolute atomic E-state index is 0.110. The smallest absolute Gasteiger partial charge is 0.233 e. The van der Waals surface area contributed by atoms with Crippen molar-refractivity contribution >= 4 is 5.91 Å². The lowest BCUT2D eigenvalue weighted by molar-refractivity contribution is -0.137. The predicted octanol–water partition coefficient (Wildman–Crippen LogP) is 1.64. The first-order valence-electron chi connectivity index (χ1n) is 7.97. The van der Waals surface area contributed by atoms with Crippen molar-refractivity contribution in [2.75, 3.05) is 19.6 Å². The summed E-state index contributed by atoms with van der Waals surface area (Å²) in [4.78, 5) is 16.6. The quantitative estimate of drug-likeness (QED) is 0.844. The molecule has 2 atom stereocenters. The van der Waals surface area contributed by atoms with E-state index in [1.165, 1.54) is 0 Å². The number of amides is 1. The van der Waals surface area contributed by atoms with Gasteiger partial charge < -0.3 is 9.32 Å². The average Bonchev–Trinajstić information content (AvgIpc) is 3.23.